The lowest BCUT2D eigenvalue weighted by Crippen LogP contribution is -2.00. The summed E-state index contributed by atoms with van der Waals surface area (Å²) < 4.78 is 5.63. The van der Waals surface area contributed by atoms with Crippen LogP contribution in [-0.4, -0.2) is 18.1 Å². The minimum atomic E-state index is -0.351. The Morgan fingerprint density at radius 3 is 2.80 bits per heavy atom. The number of esters is 1. The molecule has 0 atom stereocenters. The Hall–Kier alpha value is -1.29. The number of aromatic amines is 1. The van der Waals surface area contributed by atoms with Crippen LogP contribution in [0.5, 0.6) is 0 Å². The lowest BCUT2D eigenvalue weighted by molar-refractivity contribution is 0.0595. The van der Waals surface area contributed by atoms with Crippen LogP contribution in [0.25, 0.3) is 10.9 Å². The van der Waals surface area contributed by atoms with E-state index < -0.39 is 0 Å². The van der Waals surface area contributed by atoms with Crippen LogP contribution >= 0.6 is 15.9 Å². The minimum Gasteiger partial charge on any atom is -0.464 e. The third-order valence-electron chi connectivity index (χ3n) is 2.24. The van der Waals surface area contributed by atoms with Crippen molar-refractivity contribution in [2.24, 2.45) is 0 Å². The highest BCUT2D eigenvalue weighted by Gasteiger charge is 2.11. The second-order valence-electron chi connectivity index (χ2n) is 3.38. The molecule has 2 rings (SSSR count). The number of hydrogen-bond donors (Lipinski definition) is 1. The van der Waals surface area contributed by atoms with Crippen LogP contribution in [0, 0.1) is 6.92 Å². The third-order valence-corrected chi connectivity index (χ3v) is 2.89. The average Bonchev–Trinajstić information content (AvgIpc) is 2.60. The van der Waals surface area contributed by atoms with Gasteiger partial charge in [0.15, 0.2) is 0 Å². The predicted octanol–water partition coefficient (Wildman–Crippen LogP) is 3.03. The molecule has 0 aliphatic rings. The first-order valence-corrected chi connectivity index (χ1v) is 5.28. The highest BCUT2D eigenvalue weighted by molar-refractivity contribution is 9.10. The van der Waals surface area contributed by atoms with E-state index >= 15 is 0 Å². The summed E-state index contributed by atoms with van der Waals surface area (Å²) in [6, 6.07) is 5.79. The van der Waals surface area contributed by atoms with Crippen LogP contribution in [0.4, 0.5) is 0 Å². The van der Waals surface area contributed by atoms with Crippen LogP contribution in [0.15, 0.2) is 22.7 Å². The maximum absolute atomic E-state index is 11.3. The lowest BCUT2D eigenvalue weighted by atomic mass is 10.2. The van der Waals surface area contributed by atoms with Crippen LogP contribution in [0.1, 0.15) is 16.1 Å². The molecule has 1 aromatic heterocycles. The van der Waals surface area contributed by atoms with Crippen molar-refractivity contribution in [3.05, 3.63) is 33.9 Å². The average molecular weight is 268 g/mol. The van der Waals surface area contributed by atoms with E-state index in [9.17, 15) is 4.79 Å². The predicted molar refractivity (Wildman–Crippen MR) is 62.1 cm³/mol. The summed E-state index contributed by atoms with van der Waals surface area (Å²) in [5, 5.41) is 0.987. The van der Waals surface area contributed by atoms with Gasteiger partial charge in [-0.05, 0) is 30.7 Å². The molecule has 0 fully saturated rings. The van der Waals surface area contributed by atoms with Gasteiger partial charge in [0.2, 0.25) is 0 Å². The molecule has 2 aromatic rings. The number of methoxy groups -OCH3 is 1. The number of halogens is 1. The van der Waals surface area contributed by atoms with Crippen LogP contribution < -0.4 is 0 Å². The fourth-order valence-electron chi connectivity index (χ4n) is 1.55. The smallest absolute Gasteiger partial charge is 0.354 e. The van der Waals surface area contributed by atoms with Gasteiger partial charge < -0.3 is 9.72 Å². The normalized spacial score (nSPS) is 10.6. The number of hydrogen-bond acceptors (Lipinski definition) is 2. The van der Waals surface area contributed by atoms with Crippen molar-refractivity contribution in [1.29, 1.82) is 0 Å². The molecule has 1 N–H and O–H groups in total. The quantitative estimate of drug-likeness (QED) is 0.808. The van der Waals surface area contributed by atoms with Crippen molar-refractivity contribution in [2.75, 3.05) is 7.11 Å². The van der Waals surface area contributed by atoms with Gasteiger partial charge in [0.1, 0.15) is 5.69 Å². The number of nitrogens with one attached hydrogen (secondary N) is 1. The van der Waals surface area contributed by atoms with Gasteiger partial charge in [-0.3, -0.25) is 0 Å². The summed E-state index contributed by atoms with van der Waals surface area (Å²) in [4.78, 5) is 14.3. The maximum Gasteiger partial charge on any atom is 0.354 e. The van der Waals surface area contributed by atoms with Gasteiger partial charge in [-0.15, -0.1) is 0 Å². The van der Waals surface area contributed by atoms with E-state index in [1.807, 2.05) is 19.1 Å². The molecule has 78 valence electrons. The first kappa shape index (κ1) is 10.2. The maximum atomic E-state index is 11.3. The highest BCUT2D eigenvalue weighted by Crippen LogP contribution is 2.26. The zero-order chi connectivity index (χ0) is 11.0. The van der Waals surface area contributed by atoms with Crippen molar-refractivity contribution >= 4 is 32.8 Å². The molecule has 3 nitrogen and oxygen atoms in total. The van der Waals surface area contributed by atoms with Gasteiger partial charge in [0, 0.05) is 15.4 Å². The number of benzene rings is 1. The summed E-state index contributed by atoms with van der Waals surface area (Å²) in [7, 11) is 1.37. The molecule has 1 heterocycles. The highest BCUT2D eigenvalue weighted by atomic mass is 79.9. The van der Waals surface area contributed by atoms with E-state index in [1.165, 1.54) is 7.11 Å². The molecule has 0 aliphatic carbocycles. The number of rotatable bonds is 1. The third kappa shape index (κ3) is 1.77. The molecular formula is C11H10BrNO2. The van der Waals surface area contributed by atoms with Crippen LogP contribution in [0.3, 0.4) is 0 Å². The number of aromatic nitrogens is 1. The van der Waals surface area contributed by atoms with Crippen molar-refractivity contribution < 1.29 is 9.53 Å². The number of H-pyrrole nitrogens is 1. The summed E-state index contributed by atoms with van der Waals surface area (Å²) in [6.45, 7) is 2.00. The van der Waals surface area contributed by atoms with Gasteiger partial charge in [-0.2, -0.15) is 0 Å². The summed E-state index contributed by atoms with van der Waals surface area (Å²) in [5.41, 5.74) is 2.54. The minimum absolute atomic E-state index is 0.351. The number of carbonyl (C=O) groups is 1. The molecular weight excluding hydrogens is 258 g/mol. The molecule has 0 bridgehead atoms. The summed E-state index contributed by atoms with van der Waals surface area (Å²) in [5.74, 6) is -0.351. The van der Waals surface area contributed by atoms with Crippen molar-refractivity contribution in [3.63, 3.8) is 0 Å². The Bertz CT molecular complexity index is 531. The Balaban J connectivity index is 2.65. The Labute approximate surface area is 95.6 Å². The number of fused-ring (bicyclic) bond motifs is 1. The van der Waals surface area contributed by atoms with E-state index in [0.29, 0.717) is 5.69 Å². The van der Waals surface area contributed by atoms with Crippen molar-refractivity contribution in [2.45, 2.75) is 6.92 Å². The van der Waals surface area contributed by atoms with Crippen molar-refractivity contribution in [1.82, 2.24) is 4.98 Å². The SMILES string of the molecule is COC(=O)c1cc2c(Br)cc(C)cc2[nH]1. The van der Waals surface area contributed by atoms with E-state index in [4.69, 9.17) is 0 Å². The standard InChI is InChI=1S/C11H10BrNO2/c1-6-3-8(12)7-5-10(11(14)15-2)13-9(7)4-6/h3-5,13H,1-2H3. The topological polar surface area (TPSA) is 42.1 Å². The van der Waals surface area contributed by atoms with Gasteiger partial charge in [0.05, 0.1) is 7.11 Å². The molecule has 0 amide bonds. The molecule has 0 saturated heterocycles. The number of aryl methyl sites for hydroxylation is 1. The van der Waals surface area contributed by atoms with Gasteiger partial charge in [-0.1, -0.05) is 15.9 Å². The molecule has 0 spiro atoms. The zero-order valence-corrected chi connectivity index (χ0v) is 10.0. The van der Waals surface area contributed by atoms with Crippen LogP contribution in [0.2, 0.25) is 0 Å². The van der Waals surface area contributed by atoms with E-state index in [2.05, 4.69) is 25.7 Å². The van der Waals surface area contributed by atoms with E-state index in [1.54, 1.807) is 6.07 Å². The Morgan fingerprint density at radius 1 is 1.40 bits per heavy atom. The molecule has 0 radical (unpaired) electrons. The first-order valence-electron chi connectivity index (χ1n) is 4.49. The first-order chi connectivity index (χ1) is 7.11. The Morgan fingerprint density at radius 2 is 2.13 bits per heavy atom. The second-order valence-corrected chi connectivity index (χ2v) is 4.24. The molecule has 0 unspecified atom stereocenters. The summed E-state index contributed by atoms with van der Waals surface area (Å²) in [6.07, 6.45) is 0. The molecule has 4 heteroatoms. The fourth-order valence-corrected chi connectivity index (χ4v) is 2.24. The lowest BCUT2D eigenvalue weighted by Gasteiger charge is -1.96. The fraction of sp³-hybridized carbons (Fsp3) is 0.182. The van der Waals surface area contributed by atoms with E-state index in [0.717, 1.165) is 20.9 Å². The molecule has 0 saturated carbocycles. The largest absolute Gasteiger partial charge is 0.464 e. The van der Waals surface area contributed by atoms with Crippen LogP contribution in [-0.2, 0) is 4.74 Å². The molecule has 1 aromatic carbocycles. The van der Waals surface area contributed by atoms with Crippen molar-refractivity contribution in [3.8, 4) is 0 Å². The van der Waals surface area contributed by atoms with Gasteiger partial charge in [-0.25, -0.2) is 4.79 Å². The molecule has 0 aliphatic heterocycles. The Kier molecular flexibility index (Phi) is 2.52. The zero-order valence-electron chi connectivity index (χ0n) is 8.43. The van der Waals surface area contributed by atoms with Gasteiger partial charge >= 0.3 is 5.97 Å². The molecule has 15 heavy (non-hydrogen) atoms. The van der Waals surface area contributed by atoms with Gasteiger partial charge in [0.25, 0.3) is 0 Å². The number of carbonyl (C=O) groups excluding carboxylic acids is 1. The van der Waals surface area contributed by atoms with E-state index in [-0.39, 0.29) is 5.97 Å². The summed E-state index contributed by atoms with van der Waals surface area (Å²) >= 11 is 3.46. The monoisotopic (exact) mass is 267 g/mol. The second kappa shape index (κ2) is 3.70. The number of ether oxygens (including phenoxy) is 1.